The van der Waals surface area contributed by atoms with Crippen molar-refractivity contribution >= 4 is 28.6 Å². The van der Waals surface area contributed by atoms with Crippen molar-refractivity contribution in [3.63, 3.8) is 0 Å². The number of fused-ring (bicyclic) bond motifs is 1. The number of aryl methyl sites for hydroxylation is 1. The van der Waals surface area contributed by atoms with E-state index >= 15 is 0 Å². The molecule has 0 fully saturated rings. The van der Waals surface area contributed by atoms with Gasteiger partial charge in [-0.3, -0.25) is 4.57 Å². The summed E-state index contributed by atoms with van der Waals surface area (Å²) in [6, 6.07) is 10.1. The van der Waals surface area contributed by atoms with Gasteiger partial charge < -0.3 is 5.73 Å². The van der Waals surface area contributed by atoms with E-state index in [1.807, 2.05) is 19.1 Å². The summed E-state index contributed by atoms with van der Waals surface area (Å²) in [5.41, 5.74) is 8.88. The number of imidazole rings is 1. The number of anilines is 1. The highest BCUT2D eigenvalue weighted by Crippen LogP contribution is 2.26. The highest BCUT2D eigenvalue weighted by molar-refractivity contribution is 6.31. The average molecular weight is 276 g/mol. The Balaban J connectivity index is 2.32. The minimum absolute atomic E-state index is 0.301. The molecular formula is C14H11ClFN3. The number of halogens is 2. The van der Waals surface area contributed by atoms with E-state index in [-0.39, 0.29) is 5.82 Å². The Morgan fingerprint density at radius 1 is 1.21 bits per heavy atom. The van der Waals surface area contributed by atoms with Crippen molar-refractivity contribution in [2.75, 3.05) is 5.73 Å². The number of nitrogens with two attached hydrogens (primary N) is 1. The van der Waals surface area contributed by atoms with Crippen LogP contribution in [0.15, 0.2) is 36.4 Å². The van der Waals surface area contributed by atoms with Crippen LogP contribution in [0.1, 0.15) is 5.56 Å². The minimum Gasteiger partial charge on any atom is -0.369 e. The molecule has 0 aliphatic carbocycles. The zero-order valence-electron chi connectivity index (χ0n) is 10.2. The Morgan fingerprint density at radius 3 is 2.74 bits per heavy atom. The number of hydrogen-bond donors (Lipinski definition) is 1. The molecular weight excluding hydrogens is 265 g/mol. The van der Waals surface area contributed by atoms with E-state index in [0.29, 0.717) is 22.2 Å². The zero-order chi connectivity index (χ0) is 13.6. The van der Waals surface area contributed by atoms with Crippen molar-refractivity contribution in [1.29, 1.82) is 0 Å². The highest BCUT2D eigenvalue weighted by Gasteiger charge is 2.11. The maximum atomic E-state index is 13.5. The Bertz CT molecular complexity index is 759. The molecule has 3 aromatic rings. The van der Waals surface area contributed by atoms with Gasteiger partial charge in [0.25, 0.3) is 0 Å². The highest BCUT2D eigenvalue weighted by atomic mass is 35.5. The molecule has 0 aliphatic rings. The molecule has 0 radical (unpaired) electrons. The van der Waals surface area contributed by atoms with Gasteiger partial charge in [-0.2, -0.15) is 0 Å². The minimum atomic E-state index is -0.301. The second kappa shape index (κ2) is 4.24. The van der Waals surface area contributed by atoms with E-state index in [9.17, 15) is 4.39 Å². The summed E-state index contributed by atoms with van der Waals surface area (Å²) in [6.45, 7) is 1.83. The van der Waals surface area contributed by atoms with Gasteiger partial charge in [0.1, 0.15) is 5.82 Å². The fourth-order valence-electron chi connectivity index (χ4n) is 2.19. The molecule has 1 heterocycles. The average Bonchev–Trinajstić information content (AvgIpc) is 2.62. The van der Waals surface area contributed by atoms with Gasteiger partial charge in [0.15, 0.2) is 0 Å². The van der Waals surface area contributed by atoms with Gasteiger partial charge in [-0.25, -0.2) is 9.37 Å². The quantitative estimate of drug-likeness (QED) is 0.736. The van der Waals surface area contributed by atoms with E-state index in [1.165, 1.54) is 12.1 Å². The first-order valence-corrected chi connectivity index (χ1v) is 6.13. The Labute approximate surface area is 114 Å². The second-order valence-electron chi connectivity index (χ2n) is 4.43. The van der Waals surface area contributed by atoms with E-state index in [2.05, 4.69) is 4.98 Å². The molecule has 0 saturated carbocycles. The largest absolute Gasteiger partial charge is 0.369 e. The first-order valence-electron chi connectivity index (χ1n) is 5.75. The maximum Gasteiger partial charge on any atom is 0.205 e. The SMILES string of the molecule is Cc1cc(F)cc(-n2c(N)nc3cc(Cl)ccc32)c1. The molecule has 19 heavy (non-hydrogen) atoms. The van der Waals surface area contributed by atoms with Crippen LogP contribution in [0.25, 0.3) is 16.7 Å². The third-order valence-corrected chi connectivity index (χ3v) is 3.16. The number of hydrogen-bond acceptors (Lipinski definition) is 2. The van der Waals surface area contributed by atoms with Crippen LogP contribution in [-0.2, 0) is 0 Å². The zero-order valence-corrected chi connectivity index (χ0v) is 10.9. The second-order valence-corrected chi connectivity index (χ2v) is 4.86. The Kier molecular flexibility index (Phi) is 2.68. The van der Waals surface area contributed by atoms with Crippen molar-refractivity contribution in [2.24, 2.45) is 0 Å². The summed E-state index contributed by atoms with van der Waals surface area (Å²) >= 11 is 5.93. The first-order chi connectivity index (χ1) is 9.04. The fourth-order valence-corrected chi connectivity index (χ4v) is 2.36. The lowest BCUT2D eigenvalue weighted by Crippen LogP contribution is -2.01. The van der Waals surface area contributed by atoms with Crippen LogP contribution < -0.4 is 5.73 Å². The van der Waals surface area contributed by atoms with E-state index in [0.717, 1.165) is 11.1 Å². The van der Waals surface area contributed by atoms with Gasteiger partial charge in [-0.15, -0.1) is 0 Å². The Hall–Kier alpha value is -2.07. The van der Waals surface area contributed by atoms with Crippen molar-refractivity contribution in [3.05, 3.63) is 52.8 Å². The molecule has 0 unspecified atom stereocenters. The molecule has 0 aliphatic heterocycles. The van der Waals surface area contributed by atoms with Crippen molar-refractivity contribution in [1.82, 2.24) is 9.55 Å². The molecule has 0 atom stereocenters. The van der Waals surface area contributed by atoms with Gasteiger partial charge in [0.2, 0.25) is 5.95 Å². The molecule has 2 N–H and O–H groups in total. The van der Waals surface area contributed by atoms with Crippen molar-refractivity contribution in [3.8, 4) is 5.69 Å². The summed E-state index contributed by atoms with van der Waals surface area (Å²) in [6.07, 6.45) is 0. The summed E-state index contributed by atoms with van der Waals surface area (Å²) < 4.78 is 15.2. The van der Waals surface area contributed by atoms with Crippen LogP contribution in [0.5, 0.6) is 0 Å². The normalized spacial score (nSPS) is 11.1. The molecule has 0 amide bonds. The molecule has 3 rings (SSSR count). The number of benzene rings is 2. The van der Waals surface area contributed by atoms with Crippen LogP contribution in [0.4, 0.5) is 10.3 Å². The fraction of sp³-hybridized carbons (Fsp3) is 0.0714. The lowest BCUT2D eigenvalue weighted by molar-refractivity contribution is 0.625. The van der Waals surface area contributed by atoms with Gasteiger partial charge in [-0.05, 0) is 48.9 Å². The summed E-state index contributed by atoms with van der Waals surface area (Å²) in [5, 5.41) is 0.590. The van der Waals surface area contributed by atoms with Crippen LogP contribution in [0.3, 0.4) is 0 Å². The van der Waals surface area contributed by atoms with Gasteiger partial charge >= 0.3 is 0 Å². The topological polar surface area (TPSA) is 43.8 Å². The van der Waals surface area contributed by atoms with Gasteiger partial charge in [-0.1, -0.05) is 11.6 Å². The van der Waals surface area contributed by atoms with Crippen molar-refractivity contribution in [2.45, 2.75) is 6.92 Å². The van der Waals surface area contributed by atoms with E-state index in [1.54, 1.807) is 16.7 Å². The summed E-state index contributed by atoms with van der Waals surface area (Å²) in [4.78, 5) is 4.24. The third kappa shape index (κ3) is 2.04. The van der Waals surface area contributed by atoms with Crippen LogP contribution in [-0.4, -0.2) is 9.55 Å². The third-order valence-electron chi connectivity index (χ3n) is 2.93. The molecule has 0 bridgehead atoms. The molecule has 0 saturated heterocycles. The summed E-state index contributed by atoms with van der Waals surface area (Å²) in [7, 11) is 0. The molecule has 5 heteroatoms. The molecule has 3 nitrogen and oxygen atoms in total. The molecule has 0 spiro atoms. The number of nitrogens with zero attached hydrogens (tertiary/aromatic N) is 2. The lowest BCUT2D eigenvalue weighted by atomic mass is 10.2. The molecule has 2 aromatic carbocycles. The number of aromatic nitrogens is 2. The molecule has 1 aromatic heterocycles. The summed E-state index contributed by atoms with van der Waals surface area (Å²) in [5.74, 6) is 0.00693. The van der Waals surface area contributed by atoms with Crippen LogP contribution in [0, 0.1) is 12.7 Å². The Morgan fingerprint density at radius 2 is 2.00 bits per heavy atom. The number of rotatable bonds is 1. The monoisotopic (exact) mass is 275 g/mol. The van der Waals surface area contributed by atoms with Crippen LogP contribution in [0.2, 0.25) is 5.02 Å². The van der Waals surface area contributed by atoms with E-state index in [4.69, 9.17) is 17.3 Å². The lowest BCUT2D eigenvalue weighted by Gasteiger charge is -2.08. The van der Waals surface area contributed by atoms with Crippen molar-refractivity contribution < 1.29 is 4.39 Å². The first kappa shape index (κ1) is 12.0. The predicted molar refractivity (Wildman–Crippen MR) is 75.2 cm³/mol. The maximum absolute atomic E-state index is 13.5. The van der Waals surface area contributed by atoms with Gasteiger partial charge in [0.05, 0.1) is 16.7 Å². The standard InChI is InChI=1S/C14H11ClFN3/c1-8-4-10(16)7-11(5-8)19-13-3-2-9(15)6-12(13)18-14(19)17/h2-7H,1H3,(H2,17,18). The number of nitrogen functional groups attached to an aromatic ring is 1. The predicted octanol–water partition coefficient (Wildman–Crippen LogP) is 3.71. The van der Waals surface area contributed by atoms with Gasteiger partial charge in [0, 0.05) is 5.02 Å². The smallest absolute Gasteiger partial charge is 0.205 e. The van der Waals surface area contributed by atoms with Crippen LogP contribution >= 0.6 is 11.6 Å². The van der Waals surface area contributed by atoms with E-state index < -0.39 is 0 Å². The molecule has 96 valence electrons.